The van der Waals surface area contributed by atoms with Crippen LogP contribution in [0.2, 0.25) is 0 Å². The summed E-state index contributed by atoms with van der Waals surface area (Å²) in [5.41, 5.74) is 0. The second-order valence-electron chi connectivity index (χ2n) is 0.500. The van der Waals surface area contributed by atoms with Gasteiger partial charge in [0.1, 0.15) is 0 Å². The van der Waals surface area contributed by atoms with Crippen molar-refractivity contribution in [2.75, 3.05) is 0 Å². The van der Waals surface area contributed by atoms with Crippen molar-refractivity contribution in [3.63, 3.8) is 0 Å². The zero-order valence-electron chi connectivity index (χ0n) is 2.80. The molecule has 0 aliphatic rings. The molecule has 0 aliphatic heterocycles. The molecule has 0 N–H and O–H groups in total. The first-order valence-corrected chi connectivity index (χ1v) is 2.45. The molecule has 0 saturated carbocycles. The second kappa shape index (κ2) is 5.21. The van der Waals surface area contributed by atoms with Gasteiger partial charge in [-0.1, -0.05) is 0 Å². The minimum atomic E-state index is -5.61. The predicted octanol–water partition coefficient (Wildman–Crippen LogP) is -5.14. The predicted molar refractivity (Wildman–Crippen MR) is 5.75 cm³/mol. The monoisotopic (exact) mass is 210 g/mol. The Labute approximate surface area is 62.1 Å². The Hall–Kier alpha value is 1.07. The Morgan fingerprint density at radius 2 is 0.714 bits per heavy atom. The minimum absolute atomic E-state index is 0. The molecule has 4 nitrogen and oxygen atoms in total. The smallest absolute Gasteiger partial charge is 0.894 e. The third-order valence-corrected chi connectivity index (χ3v) is 0. The van der Waals surface area contributed by atoms with Crippen LogP contribution >= 0.6 is 0 Å². The zero-order chi connectivity index (χ0) is 4.50. The molecule has 0 aromatic rings. The quantitative estimate of drug-likeness (QED) is 0.373. The van der Waals surface area contributed by atoms with Gasteiger partial charge in [0.25, 0.3) is 0 Å². The molecule has 0 saturated heterocycles. The van der Waals surface area contributed by atoms with Crippen LogP contribution in [0.5, 0.6) is 0 Å². The van der Waals surface area contributed by atoms with Crippen LogP contribution in [0.25, 0.3) is 0 Å². The summed E-state index contributed by atoms with van der Waals surface area (Å²) in [7, 11) is -5.61. The maximum Gasteiger partial charge on any atom is 2.00 e. The Bertz CT molecular complexity index is 25.2. The summed E-state index contributed by atoms with van der Waals surface area (Å²) in [6, 6.07) is 0. The van der Waals surface area contributed by atoms with Crippen LogP contribution in [0.3, 0.4) is 0 Å². The summed E-state index contributed by atoms with van der Waals surface area (Å²) in [5.74, 6) is 0. The van der Waals surface area contributed by atoms with Crippen molar-refractivity contribution in [2.24, 2.45) is 0 Å². The summed E-state index contributed by atoms with van der Waals surface area (Å²) in [5, 5.41) is 0. The van der Waals surface area contributed by atoms with Gasteiger partial charge >= 0.3 is 33.6 Å². The Balaban J connectivity index is -0.0000000800. The average Bonchev–Trinajstić information content (AvgIpc) is 0.722. The maximum atomic E-state index is 8.58. The summed E-state index contributed by atoms with van der Waals surface area (Å²) in [6.07, 6.45) is 0. The fourth-order valence-corrected chi connectivity index (χ4v) is 0. The van der Waals surface area contributed by atoms with Crippen LogP contribution in [0.15, 0.2) is 0 Å². The van der Waals surface area contributed by atoms with Gasteiger partial charge in [-0.3, -0.25) is 0 Å². The van der Waals surface area contributed by atoms with Crippen LogP contribution in [-0.4, -0.2) is 9.05 Å². The molecule has 0 bridgehead atoms. The summed E-state index contributed by atoms with van der Waals surface area (Å²) in [4.78, 5) is 34.3. The molecule has 0 heterocycles. The van der Waals surface area contributed by atoms with Gasteiger partial charge in [-0.15, -0.1) is 0 Å². The van der Waals surface area contributed by atoms with E-state index in [9.17, 15) is 0 Å². The van der Waals surface area contributed by atoms with Gasteiger partial charge in [0, 0.05) is 0 Å². The van der Waals surface area contributed by atoms with Crippen LogP contribution in [0.1, 0.15) is 0 Å². The first-order chi connectivity index (χ1) is 2.00. The normalized spacial score (nSPS) is 8.57. The van der Waals surface area contributed by atoms with E-state index < -0.39 is 9.05 Å². The molecular formula is Co2O4Si. The number of rotatable bonds is 0. The van der Waals surface area contributed by atoms with E-state index >= 15 is 0 Å². The molecule has 2 radical (unpaired) electrons. The molecule has 0 aliphatic carbocycles. The topological polar surface area (TPSA) is 92.2 Å². The van der Waals surface area contributed by atoms with Crippen molar-refractivity contribution in [3.05, 3.63) is 0 Å². The third-order valence-electron chi connectivity index (χ3n) is 0. The van der Waals surface area contributed by atoms with E-state index in [2.05, 4.69) is 0 Å². The van der Waals surface area contributed by atoms with Crippen molar-refractivity contribution in [2.45, 2.75) is 0 Å². The van der Waals surface area contributed by atoms with Gasteiger partial charge in [-0.05, 0) is 0 Å². The van der Waals surface area contributed by atoms with E-state index in [0.29, 0.717) is 0 Å². The molecule has 0 aromatic heterocycles. The van der Waals surface area contributed by atoms with Gasteiger partial charge in [0.15, 0.2) is 0 Å². The molecule has 0 unspecified atom stereocenters. The molecule has 7 heteroatoms. The summed E-state index contributed by atoms with van der Waals surface area (Å²) < 4.78 is 0. The van der Waals surface area contributed by atoms with Gasteiger partial charge < -0.3 is 28.2 Å². The second-order valence-corrected chi connectivity index (χ2v) is 1.50. The van der Waals surface area contributed by atoms with Gasteiger partial charge in [0.2, 0.25) is 0 Å². The first kappa shape index (κ1) is 15.7. The van der Waals surface area contributed by atoms with Crippen molar-refractivity contribution in [3.8, 4) is 0 Å². The van der Waals surface area contributed by atoms with Gasteiger partial charge in [0.05, 0.1) is 0 Å². The van der Waals surface area contributed by atoms with E-state index in [1.54, 1.807) is 0 Å². The van der Waals surface area contributed by atoms with Crippen LogP contribution in [0.4, 0.5) is 0 Å². The molecule has 0 spiro atoms. The molecule has 0 amide bonds. The summed E-state index contributed by atoms with van der Waals surface area (Å²) in [6.45, 7) is 0. The van der Waals surface area contributed by atoms with E-state index in [1.165, 1.54) is 0 Å². The van der Waals surface area contributed by atoms with Crippen molar-refractivity contribution < 1.29 is 52.7 Å². The Morgan fingerprint density at radius 3 is 0.714 bits per heavy atom. The Morgan fingerprint density at radius 1 is 0.714 bits per heavy atom. The standard InChI is InChI=1S/2Co.O4Si/c;;1-5(2,3)4/q2*+2;-4. The van der Waals surface area contributed by atoms with Crippen molar-refractivity contribution in [1.29, 1.82) is 0 Å². The third kappa shape index (κ3) is 159. The van der Waals surface area contributed by atoms with E-state index in [-0.39, 0.29) is 33.6 Å². The molecule has 0 atom stereocenters. The molecule has 0 fully saturated rings. The molecule has 46 valence electrons. The zero-order valence-corrected chi connectivity index (χ0v) is 5.88. The van der Waals surface area contributed by atoms with Gasteiger partial charge in [-0.25, -0.2) is 0 Å². The van der Waals surface area contributed by atoms with Gasteiger partial charge in [-0.2, -0.15) is 0 Å². The summed E-state index contributed by atoms with van der Waals surface area (Å²) >= 11 is 0. The fraction of sp³-hybridized carbons (Fsp3) is 0. The van der Waals surface area contributed by atoms with E-state index in [0.717, 1.165) is 0 Å². The van der Waals surface area contributed by atoms with Crippen molar-refractivity contribution >= 4 is 9.05 Å². The molecule has 0 aromatic carbocycles. The largest absolute Gasteiger partial charge is 2.00 e. The van der Waals surface area contributed by atoms with Crippen molar-refractivity contribution in [1.82, 2.24) is 0 Å². The minimum Gasteiger partial charge on any atom is -0.894 e. The van der Waals surface area contributed by atoms with E-state index in [1.807, 2.05) is 0 Å². The number of hydrogen-bond donors (Lipinski definition) is 0. The maximum absolute atomic E-state index is 8.58. The molecule has 7 heavy (non-hydrogen) atoms. The Kier molecular flexibility index (Phi) is 11.7. The van der Waals surface area contributed by atoms with Crippen LogP contribution in [0, 0.1) is 0 Å². The molecule has 0 rings (SSSR count). The SMILES string of the molecule is [Co+2].[Co+2].[O-][Si]([O-])([O-])[O-]. The van der Waals surface area contributed by atoms with E-state index in [4.69, 9.17) is 19.2 Å². The first-order valence-electron chi connectivity index (χ1n) is 0.816. The number of hydrogen-bond acceptors (Lipinski definition) is 4. The molecular weight excluding hydrogens is 210 g/mol. The van der Waals surface area contributed by atoms with Crippen LogP contribution in [-0.2, 0) is 33.6 Å². The average molecular weight is 210 g/mol. The fourth-order valence-electron chi connectivity index (χ4n) is 0. The van der Waals surface area contributed by atoms with Crippen LogP contribution < -0.4 is 19.2 Å².